The van der Waals surface area contributed by atoms with Crippen LogP contribution in [-0.2, 0) is 9.53 Å². The summed E-state index contributed by atoms with van der Waals surface area (Å²) in [6.45, 7) is 5.20. The lowest BCUT2D eigenvalue weighted by molar-refractivity contribution is -0.134. The summed E-state index contributed by atoms with van der Waals surface area (Å²) >= 11 is 0. The molecule has 0 bridgehead atoms. The molecule has 82 valence electrons. The van der Waals surface area contributed by atoms with Gasteiger partial charge in [-0.05, 0) is 43.3 Å². The first-order valence-electron chi connectivity index (χ1n) is 5.65. The van der Waals surface area contributed by atoms with Crippen molar-refractivity contribution >= 4 is 11.7 Å². The van der Waals surface area contributed by atoms with Crippen molar-refractivity contribution in [1.82, 2.24) is 0 Å². The average molecular weight is 207 g/mol. The molecular formula is C12H17NO2. The van der Waals surface area contributed by atoms with Gasteiger partial charge >= 0.3 is 5.97 Å². The molecule has 1 aliphatic carbocycles. The van der Waals surface area contributed by atoms with Gasteiger partial charge in [-0.1, -0.05) is 6.92 Å². The van der Waals surface area contributed by atoms with E-state index >= 15 is 0 Å². The van der Waals surface area contributed by atoms with E-state index in [-0.39, 0.29) is 5.97 Å². The van der Waals surface area contributed by atoms with Crippen molar-refractivity contribution in [2.45, 2.75) is 33.1 Å². The predicted molar refractivity (Wildman–Crippen MR) is 59.0 cm³/mol. The molecule has 1 atom stereocenters. The lowest BCUT2D eigenvalue weighted by atomic mass is 9.84. The Balaban J connectivity index is 2.15. The van der Waals surface area contributed by atoms with E-state index in [4.69, 9.17) is 4.74 Å². The highest BCUT2D eigenvalue weighted by Gasteiger charge is 2.29. The van der Waals surface area contributed by atoms with Gasteiger partial charge < -0.3 is 4.74 Å². The number of rotatable bonds is 2. The van der Waals surface area contributed by atoms with Crippen LogP contribution in [-0.4, -0.2) is 24.8 Å². The van der Waals surface area contributed by atoms with E-state index in [2.05, 4.69) is 11.9 Å². The minimum absolute atomic E-state index is 0.239. The van der Waals surface area contributed by atoms with Gasteiger partial charge in [-0.2, -0.15) is 0 Å². The zero-order valence-electron chi connectivity index (χ0n) is 9.38. The molecule has 2 rings (SSSR count). The summed E-state index contributed by atoms with van der Waals surface area (Å²) in [5.74, 6) is 0.429. The Bertz CT molecular complexity index is 342. The van der Waals surface area contributed by atoms with Crippen LogP contribution in [0.3, 0.4) is 0 Å². The van der Waals surface area contributed by atoms with Crippen LogP contribution in [0.15, 0.2) is 16.1 Å². The lowest BCUT2D eigenvalue weighted by Gasteiger charge is -2.20. The normalized spacial score (nSPS) is 24.9. The molecule has 0 amide bonds. The Morgan fingerprint density at radius 1 is 1.60 bits per heavy atom. The number of carbonyl (C=O) groups excluding carboxylic acids is 1. The topological polar surface area (TPSA) is 38.7 Å². The van der Waals surface area contributed by atoms with Gasteiger partial charge in [0.1, 0.15) is 5.71 Å². The maximum Gasteiger partial charge on any atom is 0.356 e. The van der Waals surface area contributed by atoms with Gasteiger partial charge in [0.05, 0.1) is 13.2 Å². The van der Waals surface area contributed by atoms with Crippen molar-refractivity contribution in [3.8, 4) is 0 Å². The number of carbonyl (C=O) groups is 1. The first kappa shape index (κ1) is 10.4. The van der Waals surface area contributed by atoms with E-state index in [0.29, 0.717) is 18.2 Å². The molecule has 0 N–H and O–H groups in total. The average Bonchev–Trinajstić information content (AvgIpc) is 2.60. The third-order valence-electron chi connectivity index (χ3n) is 3.10. The minimum atomic E-state index is -0.239. The smallest absolute Gasteiger partial charge is 0.356 e. The molecule has 0 saturated carbocycles. The summed E-state index contributed by atoms with van der Waals surface area (Å²) in [4.78, 5) is 15.9. The van der Waals surface area contributed by atoms with Crippen LogP contribution in [0.5, 0.6) is 0 Å². The molecule has 0 radical (unpaired) electrons. The molecule has 1 heterocycles. The van der Waals surface area contributed by atoms with Gasteiger partial charge in [0.25, 0.3) is 0 Å². The second kappa shape index (κ2) is 4.17. The Morgan fingerprint density at radius 3 is 3.13 bits per heavy atom. The molecule has 0 aromatic rings. The molecular weight excluding hydrogens is 190 g/mol. The fourth-order valence-corrected chi connectivity index (χ4v) is 2.26. The fourth-order valence-electron chi connectivity index (χ4n) is 2.26. The van der Waals surface area contributed by atoms with E-state index in [1.807, 2.05) is 6.92 Å². The third kappa shape index (κ3) is 1.96. The molecule has 1 unspecified atom stereocenters. The standard InChI is InChI=1S/C12H17NO2/c1-3-15-12(14)11-10-6-8(2)4-5-9(10)7-13-11/h8H,3-7H2,1-2H3. The fraction of sp³-hybridized carbons (Fsp3) is 0.667. The number of hydrogen-bond donors (Lipinski definition) is 0. The SMILES string of the molecule is CCOC(=O)C1=NCC2=C1CC(C)CC2. The van der Waals surface area contributed by atoms with Crippen LogP contribution in [0.1, 0.15) is 33.1 Å². The first-order valence-corrected chi connectivity index (χ1v) is 5.65. The van der Waals surface area contributed by atoms with Crippen LogP contribution in [0, 0.1) is 5.92 Å². The van der Waals surface area contributed by atoms with Crippen molar-refractivity contribution < 1.29 is 9.53 Å². The molecule has 3 nitrogen and oxygen atoms in total. The van der Waals surface area contributed by atoms with Crippen molar-refractivity contribution in [2.24, 2.45) is 10.9 Å². The predicted octanol–water partition coefficient (Wildman–Crippen LogP) is 2.12. The van der Waals surface area contributed by atoms with E-state index in [0.717, 1.165) is 19.4 Å². The van der Waals surface area contributed by atoms with E-state index in [9.17, 15) is 4.79 Å². The summed E-state index contributed by atoms with van der Waals surface area (Å²) in [7, 11) is 0. The monoisotopic (exact) mass is 207 g/mol. The van der Waals surface area contributed by atoms with Crippen molar-refractivity contribution in [3.05, 3.63) is 11.1 Å². The van der Waals surface area contributed by atoms with Crippen LogP contribution >= 0.6 is 0 Å². The molecule has 0 fully saturated rings. The highest BCUT2D eigenvalue weighted by Crippen LogP contribution is 2.33. The minimum Gasteiger partial charge on any atom is -0.461 e. The quantitative estimate of drug-likeness (QED) is 0.650. The zero-order chi connectivity index (χ0) is 10.8. The molecule has 15 heavy (non-hydrogen) atoms. The van der Waals surface area contributed by atoms with Gasteiger partial charge in [0, 0.05) is 0 Å². The van der Waals surface area contributed by atoms with Gasteiger partial charge in [-0.3, -0.25) is 4.99 Å². The lowest BCUT2D eigenvalue weighted by Crippen LogP contribution is -2.21. The molecule has 0 aromatic carbocycles. The second-order valence-corrected chi connectivity index (χ2v) is 4.32. The largest absolute Gasteiger partial charge is 0.461 e. The van der Waals surface area contributed by atoms with Crippen molar-refractivity contribution in [1.29, 1.82) is 0 Å². The van der Waals surface area contributed by atoms with E-state index in [1.165, 1.54) is 17.6 Å². The van der Waals surface area contributed by atoms with Crippen LogP contribution in [0.2, 0.25) is 0 Å². The number of nitrogens with zero attached hydrogens (tertiary/aromatic N) is 1. The van der Waals surface area contributed by atoms with Gasteiger partial charge in [-0.15, -0.1) is 0 Å². The molecule has 0 aromatic heterocycles. The highest BCUT2D eigenvalue weighted by molar-refractivity contribution is 6.44. The van der Waals surface area contributed by atoms with Crippen LogP contribution in [0.4, 0.5) is 0 Å². The van der Waals surface area contributed by atoms with E-state index in [1.54, 1.807) is 0 Å². The Kier molecular flexibility index (Phi) is 2.89. The number of ether oxygens (including phenoxy) is 1. The second-order valence-electron chi connectivity index (χ2n) is 4.32. The first-order chi connectivity index (χ1) is 7.22. The Hall–Kier alpha value is -1.12. The summed E-state index contributed by atoms with van der Waals surface area (Å²) in [5.41, 5.74) is 3.13. The Morgan fingerprint density at radius 2 is 2.40 bits per heavy atom. The summed E-state index contributed by atoms with van der Waals surface area (Å²) in [6, 6.07) is 0. The number of aliphatic imine (C=N–C) groups is 1. The van der Waals surface area contributed by atoms with Crippen LogP contribution < -0.4 is 0 Å². The molecule has 1 aliphatic heterocycles. The summed E-state index contributed by atoms with van der Waals surface area (Å²) < 4.78 is 5.01. The zero-order valence-corrected chi connectivity index (χ0v) is 9.38. The summed E-state index contributed by atoms with van der Waals surface area (Å²) in [5, 5.41) is 0. The van der Waals surface area contributed by atoms with Crippen molar-refractivity contribution in [2.75, 3.05) is 13.2 Å². The highest BCUT2D eigenvalue weighted by atomic mass is 16.5. The van der Waals surface area contributed by atoms with E-state index < -0.39 is 0 Å². The van der Waals surface area contributed by atoms with Gasteiger partial charge in [0.2, 0.25) is 0 Å². The molecule has 3 heteroatoms. The van der Waals surface area contributed by atoms with Crippen molar-refractivity contribution in [3.63, 3.8) is 0 Å². The van der Waals surface area contributed by atoms with Gasteiger partial charge in [0.15, 0.2) is 0 Å². The molecule has 0 spiro atoms. The third-order valence-corrected chi connectivity index (χ3v) is 3.10. The van der Waals surface area contributed by atoms with Crippen LogP contribution in [0.25, 0.3) is 0 Å². The maximum absolute atomic E-state index is 11.6. The number of hydrogen-bond acceptors (Lipinski definition) is 3. The number of esters is 1. The Labute approximate surface area is 90.2 Å². The molecule has 0 saturated heterocycles. The van der Waals surface area contributed by atoms with Gasteiger partial charge in [-0.25, -0.2) is 4.79 Å². The molecule has 2 aliphatic rings. The maximum atomic E-state index is 11.6. The summed E-state index contributed by atoms with van der Waals surface area (Å²) in [6.07, 6.45) is 3.32.